The van der Waals surface area contributed by atoms with Crippen molar-refractivity contribution in [3.05, 3.63) is 30.0 Å². The van der Waals surface area contributed by atoms with Gasteiger partial charge in [0.25, 0.3) is 0 Å². The van der Waals surface area contributed by atoms with Crippen LogP contribution in [0, 0.1) is 6.92 Å². The summed E-state index contributed by atoms with van der Waals surface area (Å²) in [5.74, 6) is 0.165. The number of ether oxygens (including phenoxy) is 1. The molecule has 2 aromatic rings. The van der Waals surface area contributed by atoms with Crippen molar-refractivity contribution >= 4 is 17.0 Å². The van der Waals surface area contributed by atoms with Gasteiger partial charge >= 0.3 is 6.09 Å². The van der Waals surface area contributed by atoms with Crippen LogP contribution in [0.15, 0.2) is 24.4 Å². The fourth-order valence-electron chi connectivity index (χ4n) is 1.88. The lowest BCUT2D eigenvalue weighted by atomic mass is 10.1. The van der Waals surface area contributed by atoms with Gasteiger partial charge in [0.05, 0.1) is 5.52 Å². The predicted molar refractivity (Wildman–Crippen MR) is 70.0 cm³/mol. The molecule has 4 heteroatoms. The van der Waals surface area contributed by atoms with Crippen LogP contribution in [0.3, 0.4) is 0 Å². The molecule has 1 aromatic carbocycles. The highest BCUT2D eigenvalue weighted by molar-refractivity contribution is 5.95. The number of phenolic OH excluding ortho intramolecular Hbond substituents is 1. The van der Waals surface area contributed by atoms with Crippen LogP contribution in [-0.2, 0) is 4.74 Å². The number of aryl methyl sites for hydroxylation is 1. The van der Waals surface area contributed by atoms with Gasteiger partial charge in [0.1, 0.15) is 11.4 Å². The quantitative estimate of drug-likeness (QED) is 0.775. The predicted octanol–water partition coefficient (Wildman–Crippen LogP) is 3.44. The van der Waals surface area contributed by atoms with Crippen LogP contribution in [0.1, 0.15) is 26.3 Å². The number of hydrogen-bond donors (Lipinski definition) is 1. The normalized spacial score (nSPS) is 11.8. The maximum atomic E-state index is 12.1. The maximum absolute atomic E-state index is 12.1. The van der Waals surface area contributed by atoms with Gasteiger partial charge in [0, 0.05) is 11.6 Å². The Hall–Kier alpha value is -1.97. The Labute approximate surface area is 106 Å². The standard InChI is InChI=1S/C14H17NO3/c1-9-5-6-11(16)10-7-8-15(12(9)10)13(17)18-14(2,3)4/h5-8,16H,1-4H3. The second-order valence-electron chi connectivity index (χ2n) is 5.33. The number of benzene rings is 1. The van der Waals surface area contributed by atoms with Crippen molar-refractivity contribution in [3.8, 4) is 5.75 Å². The van der Waals surface area contributed by atoms with E-state index >= 15 is 0 Å². The summed E-state index contributed by atoms with van der Waals surface area (Å²) < 4.78 is 6.75. The van der Waals surface area contributed by atoms with Crippen LogP contribution in [0.4, 0.5) is 4.79 Å². The smallest absolute Gasteiger partial charge is 0.419 e. The van der Waals surface area contributed by atoms with Gasteiger partial charge < -0.3 is 9.84 Å². The minimum atomic E-state index is -0.543. The second-order valence-corrected chi connectivity index (χ2v) is 5.33. The number of phenols is 1. The average Bonchev–Trinajstić information content (AvgIpc) is 2.66. The Bertz CT molecular complexity index is 605. The summed E-state index contributed by atoms with van der Waals surface area (Å²) in [6, 6.07) is 5.11. The first kappa shape index (κ1) is 12.5. The third kappa shape index (κ3) is 2.18. The number of carbonyl (C=O) groups is 1. The summed E-state index contributed by atoms with van der Waals surface area (Å²) in [6.07, 6.45) is 1.18. The highest BCUT2D eigenvalue weighted by Crippen LogP contribution is 2.28. The molecule has 96 valence electrons. The fourth-order valence-corrected chi connectivity index (χ4v) is 1.88. The van der Waals surface area contributed by atoms with Crippen LogP contribution in [0.25, 0.3) is 10.9 Å². The van der Waals surface area contributed by atoms with Gasteiger partial charge in [-0.15, -0.1) is 0 Å². The lowest BCUT2D eigenvalue weighted by Gasteiger charge is -2.20. The Morgan fingerprint density at radius 2 is 1.94 bits per heavy atom. The van der Waals surface area contributed by atoms with Gasteiger partial charge in [-0.05, 0) is 45.4 Å². The lowest BCUT2D eigenvalue weighted by Crippen LogP contribution is -2.26. The van der Waals surface area contributed by atoms with Crippen molar-refractivity contribution in [1.29, 1.82) is 0 Å². The fraction of sp³-hybridized carbons (Fsp3) is 0.357. The molecule has 0 amide bonds. The Morgan fingerprint density at radius 1 is 1.28 bits per heavy atom. The zero-order valence-electron chi connectivity index (χ0n) is 11.0. The van der Waals surface area contributed by atoms with Crippen LogP contribution in [-0.4, -0.2) is 21.4 Å². The summed E-state index contributed by atoms with van der Waals surface area (Å²) >= 11 is 0. The Balaban J connectivity index is 2.53. The minimum Gasteiger partial charge on any atom is -0.507 e. The summed E-state index contributed by atoms with van der Waals surface area (Å²) in [7, 11) is 0. The van der Waals surface area contributed by atoms with E-state index in [4.69, 9.17) is 4.74 Å². The molecule has 0 fully saturated rings. The number of carbonyl (C=O) groups excluding carboxylic acids is 1. The average molecular weight is 247 g/mol. The van der Waals surface area contributed by atoms with E-state index in [9.17, 15) is 9.90 Å². The van der Waals surface area contributed by atoms with E-state index in [1.807, 2.05) is 27.7 Å². The van der Waals surface area contributed by atoms with E-state index in [1.54, 1.807) is 24.4 Å². The summed E-state index contributed by atoms with van der Waals surface area (Å²) in [6.45, 7) is 7.35. The van der Waals surface area contributed by atoms with Crippen molar-refractivity contribution in [2.45, 2.75) is 33.3 Å². The molecule has 0 bridgehead atoms. The molecule has 0 aliphatic rings. The van der Waals surface area contributed by atoms with E-state index in [-0.39, 0.29) is 5.75 Å². The van der Waals surface area contributed by atoms with Crippen molar-refractivity contribution in [1.82, 2.24) is 4.57 Å². The van der Waals surface area contributed by atoms with Crippen LogP contribution >= 0.6 is 0 Å². The molecule has 0 saturated carbocycles. The van der Waals surface area contributed by atoms with E-state index in [1.165, 1.54) is 4.57 Å². The topological polar surface area (TPSA) is 51.5 Å². The molecular formula is C14H17NO3. The van der Waals surface area contributed by atoms with Gasteiger partial charge in [-0.25, -0.2) is 4.79 Å². The first-order valence-corrected chi connectivity index (χ1v) is 5.82. The number of rotatable bonds is 0. The van der Waals surface area contributed by atoms with Crippen molar-refractivity contribution in [2.75, 3.05) is 0 Å². The third-order valence-electron chi connectivity index (χ3n) is 2.62. The highest BCUT2D eigenvalue weighted by atomic mass is 16.6. The van der Waals surface area contributed by atoms with Crippen LogP contribution < -0.4 is 0 Å². The van der Waals surface area contributed by atoms with Crippen LogP contribution in [0.2, 0.25) is 0 Å². The van der Waals surface area contributed by atoms with Gasteiger partial charge in [0.2, 0.25) is 0 Å². The molecule has 1 N–H and O–H groups in total. The van der Waals surface area contributed by atoms with Gasteiger partial charge in [-0.3, -0.25) is 4.57 Å². The number of hydrogen-bond acceptors (Lipinski definition) is 3. The molecular weight excluding hydrogens is 230 g/mol. The van der Waals surface area contributed by atoms with Gasteiger partial charge in [0.15, 0.2) is 0 Å². The van der Waals surface area contributed by atoms with E-state index < -0.39 is 11.7 Å². The minimum absolute atomic E-state index is 0.165. The van der Waals surface area contributed by atoms with Crippen molar-refractivity contribution < 1.29 is 14.6 Å². The van der Waals surface area contributed by atoms with Gasteiger partial charge in [-0.2, -0.15) is 0 Å². The molecule has 0 atom stereocenters. The molecule has 0 aliphatic heterocycles. The third-order valence-corrected chi connectivity index (χ3v) is 2.62. The first-order valence-electron chi connectivity index (χ1n) is 5.82. The zero-order chi connectivity index (χ0) is 13.5. The maximum Gasteiger partial charge on any atom is 0.419 e. The molecule has 1 heterocycles. The van der Waals surface area contributed by atoms with E-state index in [0.717, 1.165) is 5.56 Å². The largest absolute Gasteiger partial charge is 0.507 e. The lowest BCUT2D eigenvalue weighted by molar-refractivity contribution is 0.0544. The van der Waals surface area contributed by atoms with Crippen LogP contribution in [0.5, 0.6) is 5.75 Å². The number of aromatic nitrogens is 1. The van der Waals surface area contributed by atoms with E-state index in [2.05, 4.69) is 0 Å². The van der Waals surface area contributed by atoms with Crippen molar-refractivity contribution in [2.24, 2.45) is 0 Å². The number of nitrogens with zero attached hydrogens (tertiary/aromatic N) is 1. The Morgan fingerprint density at radius 3 is 2.56 bits per heavy atom. The van der Waals surface area contributed by atoms with Crippen molar-refractivity contribution in [3.63, 3.8) is 0 Å². The zero-order valence-corrected chi connectivity index (χ0v) is 11.0. The number of fused-ring (bicyclic) bond motifs is 1. The molecule has 18 heavy (non-hydrogen) atoms. The Kier molecular flexibility index (Phi) is 2.81. The molecule has 0 saturated heterocycles. The monoisotopic (exact) mass is 247 g/mol. The number of aromatic hydroxyl groups is 1. The summed E-state index contributed by atoms with van der Waals surface area (Å²) in [5.41, 5.74) is 1.06. The van der Waals surface area contributed by atoms with Gasteiger partial charge in [-0.1, -0.05) is 6.07 Å². The molecule has 0 unspecified atom stereocenters. The summed E-state index contributed by atoms with van der Waals surface area (Å²) in [5, 5.41) is 10.4. The first-order chi connectivity index (χ1) is 8.29. The highest BCUT2D eigenvalue weighted by Gasteiger charge is 2.20. The SMILES string of the molecule is Cc1ccc(O)c2ccn(C(=O)OC(C)(C)C)c12. The molecule has 0 spiro atoms. The van der Waals surface area contributed by atoms with E-state index in [0.29, 0.717) is 10.9 Å². The molecule has 1 aromatic heterocycles. The molecule has 2 rings (SSSR count). The second kappa shape index (κ2) is 4.05. The summed E-state index contributed by atoms with van der Waals surface area (Å²) in [4.78, 5) is 12.1. The molecule has 4 nitrogen and oxygen atoms in total. The molecule has 0 aliphatic carbocycles. The molecule has 0 radical (unpaired) electrons.